The van der Waals surface area contributed by atoms with Gasteiger partial charge in [-0.25, -0.2) is 0 Å². The number of aromatic nitrogens is 4. The molecular formula is C18H19N5O3. The third-order valence-corrected chi connectivity index (χ3v) is 3.68. The van der Waals surface area contributed by atoms with Crippen LogP contribution in [-0.2, 0) is 11.3 Å². The minimum Gasteiger partial charge on any atom is -0.493 e. The highest BCUT2D eigenvalue weighted by Gasteiger charge is 2.11. The number of carbonyl (C=O) groups excluding carboxylic acids is 1. The molecule has 1 amide bonds. The Bertz CT molecular complexity index is 877. The Morgan fingerprint density at radius 2 is 1.85 bits per heavy atom. The predicted octanol–water partition coefficient (Wildman–Crippen LogP) is 1.67. The molecule has 3 aromatic rings. The third kappa shape index (κ3) is 4.15. The number of nitrogens with one attached hydrogen (secondary N) is 1. The van der Waals surface area contributed by atoms with Gasteiger partial charge in [0.2, 0.25) is 0 Å². The zero-order chi connectivity index (χ0) is 18.4. The molecule has 0 saturated carbocycles. The molecule has 1 aromatic heterocycles. The number of tetrazole rings is 1. The average Bonchev–Trinajstić information content (AvgIpc) is 3.14. The second kappa shape index (κ2) is 8.11. The predicted molar refractivity (Wildman–Crippen MR) is 94.2 cm³/mol. The number of carbonyl (C=O) groups is 1. The van der Waals surface area contributed by atoms with E-state index < -0.39 is 0 Å². The van der Waals surface area contributed by atoms with Crippen molar-refractivity contribution < 1.29 is 14.3 Å². The number of hydrogen-bond acceptors (Lipinski definition) is 6. The molecule has 0 unspecified atom stereocenters. The van der Waals surface area contributed by atoms with Crippen LogP contribution in [0.4, 0.5) is 0 Å². The van der Waals surface area contributed by atoms with E-state index in [1.54, 1.807) is 23.9 Å². The standard InChI is InChI=1S/C18H19N5O3/c1-13-7-9-14(10-8-13)23-17(20-21-22-23)11-19-18(24)12-26-16-6-4-3-5-15(16)25-2/h3-10H,11-12H2,1-2H3,(H,19,24). The third-order valence-electron chi connectivity index (χ3n) is 3.68. The highest BCUT2D eigenvalue weighted by molar-refractivity contribution is 5.77. The molecular weight excluding hydrogens is 334 g/mol. The zero-order valence-electron chi connectivity index (χ0n) is 14.5. The Balaban J connectivity index is 1.57. The van der Waals surface area contributed by atoms with Gasteiger partial charge in [0, 0.05) is 0 Å². The van der Waals surface area contributed by atoms with Gasteiger partial charge in [-0.1, -0.05) is 29.8 Å². The molecule has 0 aliphatic rings. The number of ether oxygens (including phenoxy) is 2. The van der Waals surface area contributed by atoms with Crippen LogP contribution in [0, 0.1) is 6.92 Å². The number of hydrogen-bond donors (Lipinski definition) is 1. The van der Waals surface area contributed by atoms with E-state index in [0.29, 0.717) is 17.3 Å². The molecule has 3 rings (SSSR count). The van der Waals surface area contributed by atoms with E-state index in [9.17, 15) is 4.79 Å². The van der Waals surface area contributed by atoms with E-state index in [4.69, 9.17) is 9.47 Å². The lowest BCUT2D eigenvalue weighted by Gasteiger charge is -2.10. The van der Waals surface area contributed by atoms with Gasteiger partial charge in [0.1, 0.15) is 0 Å². The van der Waals surface area contributed by atoms with Crippen LogP contribution < -0.4 is 14.8 Å². The molecule has 134 valence electrons. The summed E-state index contributed by atoms with van der Waals surface area (Å²) >= 11 is 0. The molecule has 1 N–H and O–H groups in total. The molecule has 8 heteroatoms. The molecule has 0 aliphatic heterocycles. The number of rotatable bonds is 7. The van der Waals surface area contributed by atoms with Crippen LogP contribution in [0.3, 0.4) is 0 Å². The largest absolute Gasteiger partial charge is 0.493 e. The normalized spacial score (nSPS) is 10.4. The van der Waals surface area contributed by atoms with Gasteiger partial charge in [-0.3, -0.25) is 4.79 Å². The summed E-state index contributed by atoms with van der Waals surface area (Å²) in [6, 6.07) is 14.9. The Hall–Kier alpha value is -3.42. The van der Waals surface area contributed by atoms with Crippen LogP contribution >= 0.6 is 0 Å². The Morgan fingerprint density at radius 1 is 1.12 bits per heavy atom. The summed E-state index contributed by atoms with van der Waals surface area (Å²) < 4.78 is 12.3. The first-order valence-corrected chi connectivity index (χ1v) is 8.04. The van der Waals surface area contributed by atoms with Gasteiger partial charge in [-0.2, -0.15) is 4.68 Å². The molecule has 0 fully saturated rings. The summed E-state index contributed by atoms with van der Waals surface area (Å²) in [7, 11) is 1.55. The SMILES string of the molecule is COc1ccccc1OCC(=O)NCc1nnnn1-c1ccc(C)cc1. The van der Waals surface area contributed by atoms with Crippen molar-refractivity contribution >= 4 is 5.91 Å². The molecule has 0 spiro atoms. The maximum atomic E-state index is 12.0. The van der Waals surface area contributed by atoms with Crippen LogP contribution in [-0.4, -0.2) is 39.8 Å². The summed E-state index contributed by atoms with van der Waals surface area (Å²) in [6.45, 7) is 2.06. The summed E-state index contributed by atoms with van der Waals surface area (Å²) in [6.07, 6.45) is 0. The van der Waals surface area contributed by atoms with Gasteiger partial charge in [-0.15, -0.1) is 5.10 Å². The van der Waals surface area contributed by atoms with Crippen molar-refractivity contribution in [3.8, 4) is 17.2 Å². The van der Waals surface area contributed by atoms with Crippen molar-refractivity contribution in [3.05, 3.63) is 59.9 Å². The highest BCUT2D eigenvalue weighted by Crippen LogP contribution is 2.25. The van der Waals surface area contributed by atoms with Crippen LogP contribution in [0.15, 0.2) is 48.5 Å². The summed E-state index contributed by atoms with van der Waals surface area (Å²) in [5.41, 5.74) is 1.97. The zero-order valence-corrected chi connectivity index (χ0v) is 14.5. The first-order valence-electron chi connectivity index (χ1n) is 8.04. The summed E-state index contributed by atoms with van der Waals surface area (Å²) in [5, 5.41) is 14.4. The lowest BCUT2D eigenvalue weighted by Crippen LogP contribution is -2.29. The first kappa shape index (κ1) is 17.4. The number of benzene rings is 2. The Morgan fingerprint density at radius 3 is 2.58 bits per heavy atom. The van der Waals surface area contributed by atoms with Gasteiger partial charge < -0.3 is 14.8 Å². The molecule has 0 bridgehead atoms. The monoisotopic (exact) mass is 353 g/mol. The van der Waals surface area contributed by atoms with Crippen molar-refractivity contribution in [1.29, 1.82) is 0 Å². The lowest BCUT2D eigenvalue weighted by molar-refractivity contribution is -0.123. The molecule has 0 aliphatic carbocycles. The lowest BCUT2D eigenvalue weighted by atomic mass is 10.2. The number of methoxy groups -OCH3 is 1. The van der Waals surface area contributed by atoms with Crippen LogP contribution in [0.2, 0.25) is 0 Å². The minimum absolute atomic E-state index is 0.132. The average molecular weight is 353 g/mol. The fourth-order valence-electron chi connectivity index (χ4n) is 2.31. The fraction of sp³-hybridized carbons (Fsp3) is 0.222. The molecule has 0 radical (unpaired) electrons. The Kier molecular flexibility index (Phi) is 5.43. The first-order chi connectivity index (χ1) is 12.7. The van der Waals surface area contributed by atoms with Crippen molar-refractivity contribution in [2.45, 2.75) is 13.5 Å². The molecule has 8 nitrogen and oxygen atoms in total. The quantitative estimate of drug-likeness (QED) is 0.695. The summed E-state index contributed by atoms with van der Waals surface area (Å²) in [4.78, 5) is 12.0. The number of para-hydroxylation sites is 2. The molecule has 0 atom stereocenters. The van der Waals surface area contributed by atoms with E-state index >= 15 is 0 Å². The number of aryl methyl sites for hydroxylation is 1. The van der Waals surface area contributed by atoms with E-state index in [1.165, 1.54) is 0 Å². The van der Waals surface area contributed by atoms with Gasteiger partial charge in [0.25, 0.3) is 5.91 Å². The second-order valence-corrected chi connectivity index (χ2v) is 5.56. The fourth-order valence-corrected chi connectivity index (χ4v) is 2.31. The molecule has 26 heavy (non-hydrogen) atoms. The van der Waals surface area contributed by atoms with Gasteiger partial charge in [0.05, 0.1) is 19.3 Å². The topological polar surface area (TPSA) is 91.2 Å². The maximum Gasteiger partial charge on any atom is 0.258 e. The van der Waals surface area contributed by atoms with Gasteiger partial charge in [-0.05, 0) is 41.6 Å². The van der Waals surface area contributed by atoms with E-state index in [0.717, 1.165) is 11.3 Å². The van der Waals surface area contributed by atoms with Crippen molar-refractivity contribution in [2.75, 3.05) is 13.7 Å². The van der Waals surface area contributed by atoms with Gasteiger partial charge in [0.15, 0.2) is 23.9 Å². The number of nitrogens with zero attached hydrogens (tertiary/aromatic N) is 4. The highest BCUT2D eigenvalue weighted by atomic mass is 16.5. The smallest absolute Gasteiger partial charge is 0.258 e. The summed E-state index contributed by atoms with van der Waals surface area (Å²) in [5.74, 6) is 1.33. The Labute approximate surface area is 150 Å². The van der Waals surface area contributed by atoms with Crippen LogP contribution in [0.5, 0.6) is 11.5 Å². The molecule has 0 saturated heterocycles. The van der Waals surface area contributed by atoms with Crippen LogP contribution in [0.1, 0.15) is 11.4 Å². The maximum absolute atomic E-state index is 12.0. The van der Waals surface area contributed by atoms with Crippen LogP contribution in [0.25, 0.3) is 5.69 Å². The van der Waals surface area contributed by atoms with E-state index in [1.807, 2.05) is 43.3 Å². The molecule has 2 aromatic carbocycles. The number of amides is 1. The van der Waals surface area contributed by atoms with E-state index in [2.05, 4.69) is 20.8 Å². The molecule has 1 heterocycles. The van der Waals surface area contributed by atoms with Crippen molar-refractivity contribution in [1.82, 2.24) is 25.5 Å². The minimum atomic E-state index is -0.283. The van der Waals surface area contributed by atoms with Crippen molar-refractivity contribution in [2.24, 2.45) is 0 Å². The van der Waals surface area contributed by atoms with Crippen molar-refractivity contribution in [3.63, 3.8) is 0 Å². The second-order valence-electron chi connectivity index (χ2n) is 5.56. The van der Waals surface area contributed by atoms with E-state index in [-0.39, 0.29) is 19.1 Å². The van der Waals surface area contributed by atoms with Gasteiger partial charge >= 0.3 is 0 Å².